The molecule has 0 aliphatic heterocycles. The fourth-order valence-electron chi connectivity index (χ4n) is 2.52. The molecule has 0 saturated heterocycles. The highest BCUT2D eigenvalue weighted by Crippen LogP contribution is 2.24. The van der Waals surface area contributed by atoms with Crippen molar-refractivity contribution >= 4 is 5.82 Å². The van der Waals surface area contributed by atoms with Gasteiger partial charge in [0.2, 0.25) is 0 Å². The van der Waals surface area contributed by atoms with Crippen molar-refractivity contribution in [2.45, 2.75) is 53.9 Å². The first-order valence-corrected chi connectivity index (χ1v) is 7.31. The SMILES string of the molecule is CCc1c(C)nn(-c2nc(C(C)C)nc(NN)c2C)c1C. The van der Waals surface area contributed by atoms with E-state index in [0.29, 0.717) is 5.82 Å². The molecule has 2 heterocycles. The molecule has 0 radical (unpaired) electrons. The lowest BCUT2D eigenvalue weighted by Gasteiger charge is -2.14. The van der Waals surface area contributed by atoms with Crippen LogP contribution in [0.5, 0.6) is 0 Å². The summed E-state index contributed by atoms with van der Waals surface area (Å²) in [4.78, 5) is 9.16. The van der Waals surface area contributed by atoms with E-state index in [1.165, 1.54) is 5.56 Å². The minimum Gasteiger partial charge on any atom is -0.308 e. The Morgan fingerprint density at radius 2 is 1.86 bits per heavy atom. The highest BCUT2D eigenvalue weighted by molar-refractivity contribution is 5.52. The highest BCUT2D eigenvalue weighted by atomic mass is 15.3. The second-order valence-corrected chi connectivity index (χ2v) is 5.59. The molecule has 6 heteroatoms. The van der Waals surface area contributed by atoms with E-state index < -0.39 is 0 Å². The number of rotatable bonds is 4. The van der Waals surface area contributed by atoms with Gasteiger partial charge in [-0.3, -0.25) is 0 Å². The molecule has 6 nitrogen and oxygen atoms in total. The van der Waals surface area contributed by atoms with E-state index in [2.05, 4.69) is 43.2 Å². The Balaban J connectivity index is 2.71. The summed E-state index contributed by atoms with van der Waals surface area (Å²) < 4.78 is 1.90. The van der Waals surface area contributed by atoms with Crippen LogP contribution >= 0.6 is 0 Å². The van der Waals surface area contributed by atoms with Crippen LogP contribution in [0.1, 0.15) is 55.0 Å². The summed E-state index contributed by atoms with van der Waals surface area (Å²) in [6.07, 6.45) is 0.959. The van der Waals surface area contributed by atoms with Gasteiger partial charge < -0.3 is 5.43 Å². The fourth-order valence-corrected chi connectivity index (χ4v) is 2.52. The largest absolute Gasteiger partial charge is 0.308 e. The second-order valence-electron chi connectivity index (χ2n) is 5.59. The third-order valence-electron chi connectivity index (χ3n) is 3.79. The van der Waals surface area contributed by atoms with Gasteiger partial charge in [-0.15, -0.1) is 0 Å². The van der Waals surface area contributed by atoms with Crippen molar-refractivity contribution in [2.75, 3.05) is 5.43 Å². The minimum absolute atomic E-state index is 0.221. The molecule has 0 atom stereocenters. The van der Waals surface area contributed by atoms with Crippen molar-refractivity contribution < 1.29 is 0 Å². The first-order chi connectivity index (χ1) is 9.90. The monoisotopic (exact) mass is 288 g/mol. The molecule has 2 aromatic heterocycles. The molecule has 0 unspecified atom stereocenters. The van der Waals surface area contributed by atoms with Gasteiger partial charge in [0.05, 0.1) is 5.69 Å². The number of nitrogens with one attached hydrogen (secondary N) is 1. The molecule has 2 rings (SSSR count). The Hall–Kier alpha value is -1.95. The fraction of sp³-hybridized carbons (Fsp3) is 0.533. The smallest absolute Gasteiger partial charge is 0.162 e. The highest BCUT2D eigenvalue weighted by Gasteiger charge is 2.18. The van der Waals surface area contributed by atoms with Crippen LogP contribution in [0.3, 0.4) is 0 Å². The molecule has 114 valence electrons. The maximum Gasteiger partial charge on any atom is 0.162 e. The van der Waals surface area contributed by atoms with Gasteiger partial charge in [-0.25, -0.2) is 20.5 Å². The van der Waals surface area contributed by atoms with Gasteiger partial charge in [0.1, 0.15) is 11.6 Å². The lowest BCUT2D eigenvalue weighted by Crippen LogP contribution is -2.16. The molecular weight excluding hydrogens is 264 g/mol. The zero-order valence-electron chi connectivity index (χ0n) is 13.7. The van der Waals surface area contributed by atoms with Crippen molar-refractivity contribution in [3.05, 3.63) is 28.3 Å². The maximum atomic E-state index is 5.60. The molecular formula is C15H24N6. The summed E-state index contributed by atoms with van der Waals surface area (Å²) in [6, 6.07) is 0. The van der Waals surface area contributed by atoms with Crippen molar-refractivity contribution in [2.24, 2.45) is 5.84 Å². The third kappa shape index (κ3) is 2.63. The zero-order valence-corrected chi connectivity index (χ0v) is 13.7. The number of aromatic nitrogens is 4. The second kappa shape index (κ2) is 5.81. The average Bonchev–Trinajstić information content (AvgIpc) is 2.73. The Morgan fingerprint density at radius 1 is 1.19 bits per heavy atom. The third-order valence-corrected chi connectivity index (χ3v) is 3.79. The Bertz CT molecular complexity index is 657. The molecule has 2 aromatic rings. The first kappa shape index (κ1) is 15.4. The number of nitrogens with two attached hydrogens (primary N) is 1. The lowest BCUT2D eigenvalue weighted by molar-refractivity contribution is 0.730. The van der Waals surface area contributed by atoms with Gasteiger partial charge in [-0.2, -0.15) is 5.10 Å². The number of hydrogen-bond donors (Lipinski definition) is 2. The summed E-state index contributed by atoms with van der Waals surface area (Å²) in [5, 5.41) is 4.65. The molecule has 0 amide bonds. The molecule has 0 bridgehead atoms. The van der Waals surface area contributed by atoms with E-state index >= 15 is 0 Å². The summed E-state index contributed by atoms with van der Waals surface area (Å²) in [7, 11) is 0. The van der Waals surface area contributed by atoms with E-state index in [1.54, 1.807) is 0 Å². The zero-order chi connectivity index (χ0) is 15.7. The Morgan fingerprint density at radius 3 is 2.33 bits per heavy atom. The van der Waals surface area contributed by atoms with Gasteiger partial charge in [0.15, 0.2) is 5.82 Å². The van der Waals surface area contributed by atoms with E-state index in [1.807, 2.05) is 18.5 Å². The molecule has 0 aliphatic carbocycles. The molecule has 0 spiro atoms. The number of aryl methyl sites for hydroxylation is 1. The van der Waals surface area contributed by atoms with Crippen LogP contribution in [0.4, 0.5) is 5.82 Å². The summed E-state index contributed by atoms with van der Waals surface area (Å²) >= 11 is 0. The van der Waals surface area contributed by atoms with Crippen molar-refractivity contribution in [1.82, 2.24) is 19.7 Å². The first-order valence-electron chi connectivity index (χ1n) is 7.31. The van der Waals surface area contributed by atoms with E-state index in [4.69, 9.17) is 10.8 Å². The van der Waals surface area contributed by atoms with Crippen LogP contribution in [0, 0.1) is 20.8 Å². The molecule has 3 N–H and O–H groups in total. The van der Waals surface area contributed by atoms with Gasteiger partial charge in [0.25, 0.3) is 0 Å². The van der Waals surface area contributed by atoms with Crippen LogP contribution in [-0.4, -0.2) is 19.7 Å². The van der Waals surface area contributed by atoms with Gasteiger partial charge in [0, 0.05) is 17.2 Å². The van der Waals surface area contributed by atoms with Crippen LogP contribution < -0.4 is 11.3 Å². The molecule has 0 fully saturated rings. The predicted octanol–water partition coefficient (Wildman–Crippen LogP) is 2.56. The average molecular weight is 288 g/mol. The van der Waals surface area contributed by atoms with Gasteiger partial charge in [-0.1, -0.05) is 20.8 Å². The van der Waals surface area contributed by atoms with E-state index in [-0.39, 0.29) is 5.92 Å². The van der Waals surface area contributed by atoms with Crippen molar-refractivity contribution in [3.8, 4) is 5.82 Å². The van der Waals surface area contributed by atoms with Crippen LogP contribution in [-0.2, 0) is 6.42 Å². The van der Waals surface area contributed by atoms with Gasteiger partial charge >= 0.3 is 0 Å². The summed E-state index contributed by atoms with van der Waals surface area (Å²) in [5.41, 5.74) is 6.99. The van der Waals surface area contributed by atoms with Crippen molar-refractivity contribution in [3.63, 3.8) is 0 Å². The van der Waals surface area contributed by atoms with Crippen LogP contribution in [0.15, 0.2) is 0 Å². The normalized spacial score (nSPS) is 11.2. The molecule has 0 saturated carbocycles. The Kier molecular flexibility index (Phi) is 4.27. The number of nitrogens with zero attached hydrogens (tertiary/aromatic N) is 4. The molecule has 0 aromatic carbocycles. The summed E-state index contributed by atoms with van der Waals surface area (Å²) in [5.74, 6) is 8.02. The number of nitrogen functional groups attached to an aromatic ring is 1. The quantitative estimate of drug-likeness (QED) is 0.667. The van der Waals surface area contributed by atoms with Crippen LogP contribution in [0.25, 0.3) is 5.82 Å². The van der Waals surface area contributed by atoms with E-state index in [9.17, 15) is 0 Å². The van der Waals surface area contributed by atoms with Crippen LogP contribution in [0.2, 0.25) is 0 Å². The number of hydrogen-bond acceptors (Lipinski definition) is 5. The maximum absolute atomic E-state index is 5.60. The Labute approximate surface area is 125 Å². The number of anilines is 1. The molecule has 0 aliphatic rings. The molecule has 21 heavy (non-hydrogen) atoms. The topological polar surface area (TPSA) is 81.7 Å². The standard InChI is InChI=1S/C15H24N6/c1-7-12-10(5)20-21(11(12)6)15-9(4)14(19-16)17-13(18-15)8(2)3/h8H,7,16H2,1-6H3,(H,17,18,19). The predicted molar refractivity (Wildman–Crippen MR) is 84.6 cm³/mol. The van der Waals surface area contributed by atoms with Gasteiger partial charge in [-0.05, 0) is 32.8 Å². The summed E-state index contributed by atoms with van der Waals surface area (Å²) in [6.45, 7) is 12.3. The lowest BCUT2D eigenvalue weighted by atomic mass is 10.1. The van der Waals surface area contributed by atoms with Crippen molar-refractivity contribution in [1.29, 1.82) is 0 Å². The minimum atomic E-state index is 0.221. The number of hydrazine groups is 1. The van der Waals surface area contributed by atoms with E-state index in [0.717, 1.165) is 35.0 Å².